The van der Waals surface area contributed by atoms with Crippen molar-refractivity contribution >= 4 is 40.0 Å². The Balaban J connectivity index is 1.57. The highest BCUT2D eigenvalue weighted by atomic mass is 79.9. The van der Waals surface area contributed by atoms with Crippen molar-refractivity contribution in [3.05, 3.63) is 87.5 Å². The SMILES string of the molecule is CCOc1cc(Br)cc(/C=N\NC(=O)/C(=C\c2ccc3c(c2)OCO3)NC(=O)c2ccccc2)c1O. The monoisotopic (exact) mass is 551 g/mol. The highest BCUT2D eigenvalue weighted by Crippen LogP contribution is 2.34. The number of carbonyl (C=O) groups is 2. The average Bonchev–Trinajstić information content (AvgIpc) is 3.35. The molecule has 0 bridgehead atoms. The lowest BCUT2D eigenvalue weighted by Crippen LogP contribution is -2.32. The smallest absolute Gasteiger partial charge is 0.287 e. The van der Waals surface area contributed by atoms with E-state index in [1.165, 1.54) is 12.3 Å². The molecule has 184 valence electrons. The molecule has 1 aliphatic heterocycles. The number of phenols is 1. The van der Waals surface area contributed by atoms with Gasteiger partial charge in [0, 0.05) is 15.6 Å². The minimum atomic E-state index is -0.673. The molecule has 3 aromatic carbocycles. The van der Waals surface area contributed by atoms with E-state index < -0.39 is 11.8 Å². The number of nitrogens with zero attached hydrogens (tertiary/aromatic N) is 1. The predicted octanol–water partition coefficient (Wildman–Crippen LogP) is 4.20. The number of aromatic hydroxyl groups is 1. The second-order valence-electron chi connectivity index (χ2n) is 7.46. The van der Waals surface area contributed by atoms with Crippen LogP contribution in [0.2, 0.25) is 0 Å². The quantitative estimate of drug-likeness (QED) is 0.219. The maximum absolute atomic E-state index is 13.0. The molecule has 36 heavy (non-hydrogen) atoms. The molecule has 3 aromatic rings. The van der Waals surface area contributed by atoms with E-state index in [2.05, 4.69) is 31.8 Å². The normalized spacial score (nSPS) is 12.4. The van der Waals surface area contributed by atoms with E-state index >= 15 is 0 Å². The molecular formula is C26H22BrN3O6. The Morgan fingerprint density at radius 1 is 1.11 bits per heavy atom. The Bertz CT molecular complexity index is 1340. The molecule has 3 N–H and O–H groups in total. The molecule has 0 fully saturated rings. The van der Waals surface area contributed by atoms with E-state index in [0.29, 0.717) is 39.3 Å². The van der Waals surface area contributed by atoms with Gasteiger partial charge in [0.2, 0.25) is 6.79 Å². The Morgan fingerprint density at radius 2 is 1.89 bits per heavy atom. The largest absolute Gasteiger partial charge is 0.504 e. The Labute approximate surface area is 215 Å². The first-order valence-corrected chi connectivity index (χ1v) is 11.7. The zero-order chi connectivity index (χ0) is 25.5. The molecule has 0 saturated heterocycles. The highest BCUT2D eigenvalue weighted by molar-refractivity contribution is 9.10. The molecule has 0 atom stereocenters. The van der Waals surface area contributed by atoms with Crippen LogP contribution in [-0.2, 0) is 4.79 Å². The Kier molecular flexibility index (Phi) is 7.86. The highest BCUT2D eigenvalue weighted by Gasteiger charge is 2.17. The first-order valence-electron chi connectivity index (χ1n) is 10.9. The Morgan fingerprint density at radius 3 is 2.67 bits per heavy atom. The van der Waals surface area contributed by atoms with E-state index in [-0.39, 0.29) is 24.0 Å². The number of hydrazone groups is 1. The maximum atomic E-state index is 13.0. The van der Waals surface area contributed by atoms with Crippen LogP contribution in [0.3, 0.4) is 0 Å². The van der Waals surface area contributed by atoms with Gasteiger partial charge in [-0.15, -0.1) is 0 Å². The molecule has 0 aliphatic carbocycles. The molecule has 4 rings (SSSR count). The van der Waals surface area contributed by atoms with Gasteiger partial charge in [0.25, 0.3) is 11.8 Å². The zero-order valence-electron chi connectivity index (χ0n) is 19.2. The van der Waals surface area contributed by atoms with Crippen molar-refractivity contribution in [1.29, 1.82) is 0 Å². The summed E-state index contributed by atoms with van der Waals surface area (Å²) in [6, 6.07) is 16.9. The van der Waals surface area contributed by atoms with Gasteiger partial charge in [0.05, 0.1) is 12.8 Å². The number of carbonyl (C=O) groups excluding carboxylic acids is 2. The molecule has 0 unspecified atom stereocenters. The molecule has 0 saturated carbocycles. The van der Waals surface area contributed by atoms with Crippen LogP contribution in [-0.4, -0.2) is 36.5 Å². The molecule has 0 radical (unpaired) electrons. The van der Waals surface area contributed by atoms with Gasteiger partial charge in [-0.25, -0.2) is 5.43 Å². The second kappa shape index (κ2) is 11.4. The summed E-state index contributed by atoms with van der Waals surface area (Å²) in [5, 5.41) is 17.0. The van der Waals surface area contributed by atoms with Crippen LogP contribution < -0.4 is 25.0 Å². The van der Waals surface area contributed by atoms with Crippen molar-refractivity contribution in [1.82, 2.24) is 10.7 Å². The van der Waals surface area contributed by atoms with Crippen LogP contribution in [0, 0.1) is 0 Å². The van der Waals surface area contributed by atoms with Gasteiger partial charge < -0.3 is 24.6 Å². The summed E-state index contributed by atoms with van der Waals surface area (Å²) < 4.78 is 16.8. The number of rotatable bonds is 8. The van der Waals surface area contributed by atoms with Crippen molar-refractivity contribution in [2.45, 2.75) is 6.92 Å². The number of amides is 2. The van der Waals surface area contributed by atoms with Crippen molar-refractivity contribution in [3.63, 3.8) is 0 Å². The predicted molar refractivity (Wildman–Crippen MR) is 137 cm³/mol. The lowest BCUT2D eigenvalue weighted by Gasteiger charge is -2.10. The van der Waals surface area contributed by atoms with Gasteiger partial charge in [-0.3, -0.25) is 9.59 Å². The maximum Gasteiger partial charge on any atom is 0.287 e. The van der Waals surface area contributed by atoms with E-state index in [1.54, 1.807) is 67.6 Å². The number of phenolic OH excluding ortho intramolecular Hbond substituents is 1. The number of hydrogen-bond donors (Lipinski definition) is 3. The minimum absolute atomic E-state index is 0.0478. The van der Waals surface area contributed by atoms with Gasteiger partial charge in [-0.1, -0.05) is 40.2 Å². The Hall–Kier alpha value is -4.31. The molecule has 10 heteroatoms. The first-order chi connectivity index (χ1) is 17.4. The van der Waals surface area contributed by atoms with Crippen LogP contribution in [0.4, 0.5) is 0 Å². The average molecular weight is 552 g/mol. The summed E-state index contributed by atoms with van der Waals surface area (Å²) in [4.78, 5) is 25.7. The summed E-state index contributed by atoms with van der Waals surface area (Å²) in [7, 11) is 0. The van der Waals surface area contributed by atoms with Crippen LogP contribution in [0.25, 0.3) is 6.08 Å². The lowest BCUT2D eigenvalue weighted by molar-refractivity contribution is -0.117. The first kappa shape index (κ1) is 24.8. The number of halogens is 1. The number of benzene rings is 3. The standard InChI is InChI=1S/C26H22BrN3O6/c1-2-34-23-13-19(27)12-18(24(23)31)14-28-30-26(33)20(29-25(32)17-6-4-3-5-7-17)10-16-8-9-21-22(11-16)36-15-35-21/h3-14,31H,2,15H2,1H3,(H,29,32)(H,30,33)/b20-10+,28-14-. The van der Waals surface area contributed by atoms with Crippen LogP contribution in [0.5, 0.6) is 23.0 Å². The van der Waals surface area contributed by atoms with Crippen molar-refractivity contribution in [2.75, 3.05) is 13.4 Å². The molecule has 0 spiro atoms. The fourth-order valence-corrected chi connectivity index (χ4v) is 3.75. The van der Waals surface area contributed by atoms with Gasteiger partial charge in [-0.05, 0) is 55.0 Å². The van der Waals surface area contributed by atoms with Gasteiger partial charge in [0.15, 0.2) is 23.0 Å². The summed E-state index contributed by atoms with van der Waals surface area (Å²) in [5.41, 5.74) is 3.64. The summed E-state index contributed by atoms with van der Waals surface area (Å²) in [5.74, 6) is 0.146. The lowest BCUT2D eigenvalue weighted by atomic mass is 10.1. The fraction of sp³-hybridized carbons (Fsp3) is 0.115. The third kappa shape index (κ3) is 6.02. The van der Waals surface area contributed by atoms with E-state index in [0.717, 1.165) is 0 Å². The van der Waals surface area contributed by atoms with Crippen LogP contribution in [0.15, 0.2) is 75.9 Å². The molecule has 1 aliphatic rings. The second-order valence-corrected chi connectivity index (χ2v) is 8.38. The summed E-state index contributed by atoms with van der Waals surface area (Å²) in [6.07, 6.45) is 2.77. The fourth-order valence-electron chi connectivity index (χ4n) is 3.29. The minimum Gasteiger partial charge on any atom is -0.504 e. The van der Waals surface area contributed by atoms with Crippen molar-refractivity contribution in [3.8, 4) is 23.0 Å². The van der Waals surface area contributed by atoms with Crippen molar-refractivity contribution in [2.24, 2.45) is 5.10 Å². The molecule has 0 aromatic heterocycles. The number of ether oxygens (including phenoxy) is 3. The van der Waals surface area contributed by atoms with Gasteiger partial charge in [-0.2, -0.15) is 5.10 Å². The van der Waals surface area contributed by atoms with E-state index in [4.69, 9.17) is 14.2 Å². The van der Waals surface area contributed by atoms with Gasteiger partial charge >= 0.3 is 0 Å². The summed E-state index contributed by atoms with van der Waals surface area (Å²) >= 11 is 3.35. The number of nitrogens with one attached hydrogen (secondary N) is 2. The number of hydrogen-bond acceptors (Lipinski definition) is 7. The molecule has 9 nitrogen and oxygen atoms in total. The van der Waals surface area contributed by atoms with Gasteiger partial charge in [0.1, 0.15) is 5.70 Å². The van der Waals surface area contributed by atoms with Crippen LogP contribution >= 0.6 is 15.9 Å². The van der Waals surface area contributed by atoms with Crippen molar-refractivity contribution < 1.29 is 28.9 Å². The molecular weight excluding hydrogens is 530 g/mol. The third-order valence-electron chi connectivity index (χ3n) is 4.98. The van der Waals surface area contributed by atoms with Crippen LogP contribution in [0.1, 0.15) is 28.4 Å². The zero-order valence-corrected chi connectivity index (χ0v) is 20.7. The summed E-state index contributed by atoms with van der Waals surface area (Å²) in [6.45, 7) is 2.28. The van der Waals surface area contributed by atoms with E-state index in [1.807, 2.05) is 0 Å². The molecule has 2 amide bonds. The van der Waals surface area contributed by atoms with E-state index in [9.17, 15) is 14.7 Å². The number of fused-ring (bicyclic) bond motifs is 1. The topological polar surface area (TPSA) is 118 Å². The molecule has 1 heterocycles. The third-order valence-corrected chi connectivity index (χ3v) is 5.43.